The molecule has 0 radical (unpaired) electrons. The number of carbonyl (C=O) groups excluding carboxylic acids is 1. The van der Waals surface area contributed by atoms with Crippen LogP contribution in [-0.4, -0.2) is 35.2 Å². The maximum absolute atomic E-state index is 12.1. The summed E-state index contributed by atoms with van der Waals surface area (Å²) in [6.45, 7) is 5.65. The van der Waals surface area contributed by atoms with E-state index in [2.05, 4.69) is 15.5 Å². The maximum Gasteiger partial charge on any atom is 0.309 e. The second-order valence-electron chi connectivity index (χ2n) is 7.51. The highest BCUT2D eigenvalue weighted by molar-refractivity contribution is 6.32. The Labute approximate surface area is 180 Å². The number of benzene rings is 2. The number of aromatic nitrogens is 2. The predicted octanol–water partition coefficient (Wildman–Crippen LogP) is 4.64. The summed E-state index contributed by atoms with van der Waals surface area (Å²) in [5, 5.41) is 9.82. The minimum absolute atomic E-state index is 0.0642. The lowest BCUT2D eigenvalue weighted by atomic mass is 9.97. The molecule has 1 aliphatic heterocycles. The number of carbonyl (C=O) groups is 1. The van der Waals surface area contributed by atoms with Gasteiger partial charge in [-0.3, -0.25) is 9.36 Å². The highest BCUT2D eigenvalue weighted by Gasteiger charge is 2.29. The number of aryl methyl sites for hydroxylation is 1. The number of rotatable bonds is 4. The fourth-order valence-corrected chi connectivity index (χ4v) is 4.07. The van der Waals surface area contributed by atoms with Gasteiger partial charge < -0.3 is 9.64 Å². The predicted molar refractivity (Wildman–Crippen MR) is 117 cm³/mol. The summed E-state index contributed by atoms with van der Waals surface area (Å²) in [5.74, 6) is 0.643. The zero-order valence-electron chi connectivity index (χ0n) is 17.1. The van der Waals surface area contributed by atoms with Crippen LogP contribution in [-0.2, 0) is 9.53 Å². The van der Waals surface area contributed by atoms with Crippen LogP contribution in [0.5, 0.6) is 0 Å². The molecule has 6 nitrogen and oxygen atoms in total. The second kappa shape index (κ2) is 8.37. The van der Waals surface area contributed by atoms with Gasteiger partial charge in [0, 0.05) is 23.8 Å². The van der Waals surface area contributed by atoms with Crippen molar-refractivity contribution in [2.45, 2.75) is 26.7 Å². The van der Waals surface area contributed by atoms with Crippen LogP contribution in [0.25, 0.3) is 16.7 Å². The van der Waals surface area contributed by atoms with Crippen molar-refractivity contribution in [2.75, 3.05) is 24.6 Å². The van der Waals surface area contributed by atoms with Crippen molar-refractivity contribution in [1.82, 2.24) is 9.55 Å². The molecule has 2 aromatic carbocycles. The zero-order chi connectivity index (χ0) is 21.3. The van der Waals surface area contributed by atoms with Gasteiger partial charge in [-0.05, 0) is 68.7 Å². The molecular weight excluding hydrogens is 400 g/mol. The highest BCUT2D eigenvalue weighted by atomic mass is 35.5. The average molecular weight is 423 g/mol. The molecule has 0 N–H and O–H groups in total. The van der Waals surface area contributed by atoms with Crippen LogP contribution in [0.15, 0.2) is 36.4 Å². The number of nitriles is 1. The Bertz CT molecular complexity index is 1120. The molecular formula is C23H23ClN4O2. The minimum atomic E-state index is -0.111. The monoisotopic (exact) mass is 422 g/mol. The van der Waals surface area contributed by atoms with Crippen molar-refractivity contribution < 1.29 is 9.53 Å². The first-order valence-corrected chi connectivity index (χ1v) is 10.5. The quantitative estimate of drug-likeness (QED) is 0.573. The molecule has 0 unspecified atom stereocenters. The van der Waals surface area contributed by atoms with Crippen LogP contribution in [0.1, 0.15) is 30.9 Å². The van der Waals surface area contributed by atoms with E-state index in [-0.39, 0.29) is 11.9 Å². The van der Waals surface area contributed by atoms with Gasteiger partial charge in [-0.25, -0.2) is 4.98 Å². The Morgan fingerprint density at radius 2 is 1.97 bits per heavy atom. The van der Waals surface area contributed by atoms with Gasteiger partial charge in [0.15, 0.2) is 0 Å². The molecule has 1 aromatic heterocycles. The van der Waals surface area contributed by atoms with Gasteiger partial charge in [-0.1, -0.05) is 11.6 Å². The summed E-state index contributed by atoms with van der Waals surface area (Å²) < 4.78 is 7.27. The fourth-order valence-electron chi connectivity index (χ4n) is 3.92. The summed E-state index contributed by atoms with van der Waals surface area (Å²) >= 11 is 6.42. The normalized spacial score (nSPS) is 14.7. The molecule has 0 atom stereocenters. The van der Waals surface area contributed by atoms with Gasteiger partial charge in [0.1, 0.15) is 0 Å². The number of fused-ring (bicyclic) bond motifs is 1. The SMILES string of the molecule is CCOC(=O)C1CCN(c2nc3cc(C)c(Cl)cc3n2-c2ccc(C#N)cc2)CC1. The summed E-state index contributed by atoms with van der Waals surface area (Å²) in [4.78, 5) is 19.2. The molecule has 1 aliphatic rings. The Kier molecular flexibility index (Phi) is 5.65. The number of hydrogen-bond donors (Lipinski definition) is 0. The topological polar surface area (TPSA) is 71.2 Å². The number of nitrogens with zero attached hydrogens (tertiary/aromatic N) is 4. The molecule has 154 valence electrons. The maximum atomic E-state index is 12.1. The third kappa shape index (κ3) is 3.73. The number of piperidine rings is 1. The van der Waals surface area contributed by atoms with Crippen molar-refractivity contribution in [2.24, 2.45) is 5.92 Å². The molecule has 0 amide bonds. The Morgan fingerprint density at radius 3 is 2.60 bits per heavy atom. The van der Waals surface area contributed by atoms with E-state index in [1.54, 1.807) is 12.1 Å². The molecule has 3 aromatic rings. The summed E-state index contributed by atoms with van der Waals surface area (Å²) in [7, 11) is 0. The molecule has 7 heteroatoms. The van der Waals surface area contributed by atoms with E-state index in [4.69, 9.17) is 26.6 Å². The fraction of sp³-hybridized carbons (Fsp3) is 0.348. The third-order valence-electron chi connectivity index (χ3n) is 5.57. The number of hydrogen-bond acceptors (Lipinski definition) is 5. The van der Waals surface area contributed by atoms with Crippen LogP contribution in [0.4, 0.5) is 5.95 Å². The molecule has 2 heterocycles. The van der Waals surface area contributed by atoms with Crippen LogP contribution >= 0.6 is 11.6 Å². The Balaban J connectivity index is 1.74. The lowest BCUT2D eigenvalue weighted by Crippen LogP contribution is -2.38. The minimum Gasteiger partial charge on any atom is -0.466 e. The van der Waals surface area contributed by atoms with Crippen molar-refractivity contribution in [3.8, 4) is 11.8 Å². The lowest BCUT2D eigenvalue weighted by Gasteiger charge is -2.32. The van der Waals surface area contributed by atoms with Gasteiger partial charge in [0.25, 0.3) is 0 Å². The highest BCUT2D eigenvalue weighted by Crippen LogP contribution is 2.33. The van der Waals surface area contributed by atoms with Crippen molar-refractivity contribution in [3.05, 3.63) is 52.5 Å². The van der Waals surface area contributed by atoms with Crippen LogP contribution in [0.3, 0.4) is 0 Å². The van der Waals surface area contributed by atoms with Crippen molar-refractivity contribution >= 4 is 34.6 Å². The lowest BCUT2D eigenvalue weighted by molar-refractivity contribution is -0.148. The zero-order valence-corrected chi connectivity index (χ0v) is 17.8. The first-order chi connectivity index (χ1) is 14.5. The molecule has 30 heavy (non-hydrogen) atoms. The molecule has 0 aliphatic carbocycles. The Hall–Kier alpha value is -3.04. The van der Waals surface area contributed by atoms with E-state index in [1.807, 2.05) is 38.1 Å². The van der Waals surface area contributed by atoms with Gasteiger partial charge in [0.2, 0.25) is 5.95 Å². The van der Waals surface area contributed by atoms with Gasteiger partial charge in [0.05, 0.1) is 35.2 Å². The van der Waals surface area contributed by atoms with Gasteiger partial charge in [-0.2, -0.15) is 5.26 Å². The third-order valence-corrected chi connectivity index (χ3v) is 5.98. The number of anilines is 1. The van der Waals surface area contributed by atoms with E-state index in [0.717, 1.165) is 54.2 Å². The van der Waals surface area contributed by atoms with E-state index < -0.39 is 0 Å². The van der Waals surface area contributed by atoms with E-state index >= 15 is 0 Å². The first kappa shape index (κ1) is 20.2. The van der Waals surface area contributed by atoms with E-state index in [9.17, 15) is 4.79 Å². The summed E-state index contributed by atoms with van der Waals surface area (Å²) in [6, 6.07) is 13.5. The molecule has 1 saturated heterocycles. The van der Waals surface area contributed by atoms with Crippen molar-refractivity contribution in [3.63, 3.8) is 0 Å². The van der Waals surface area contributed by atoms with Crippen LogP contribution in [0, 0.1) is 24.2 Å². The van der Waals surface area contributed by atoms with E-state index in [1.165, 1.54) is 0 Å². The summed E-state index contributed by atoms with van der Waals surface area (Å²) in [6.07, 6.45) is 1.46. The van der Waals surface area contributed by atoms with Crippen LogP contribution in [0.2, 0.25) is 5.02 Å². The van der Waals surface area contributed by atoms with Crippen LogP contribution < -0.4 is 4.90 Å². The van der Waals surface area contributed by atoms with Gasteiger partial charge >= 0.3 is 5.97 Å². The molecule has 1 fully saturated rings. The molecule has 0 saturated carbocycles. The molecule has 4 rings (SSSR count). The number of imidazole rings is 1. The molecule has 0 bridgehead atoms. The number of halogens is 1. The Morgan fingerprint density at radius 1 is 1.27 bits per heavy atom. The molecule has 0 spiro atoms. The number of esters is 1. The van der Waals surface area contributed by atoms with Crippen molar-refractivity contribution in [1.29, 1.82) is 5.26 Å². The number of ether oxygens (including phenoxy) is 1. The van der Waals surface area contributed by atoms with Gasteiger partial charge in [-0.15, -0.1) is 0 Å². The second-order valence-corrected chi connectivity index (χ2v) is 7.92. The van der Waals surface area contributed by atoms with E-state index in [0.29, 0.717) is 17.2 Å². The largest absolute Gasteiger partial charge is 0.466 e. The first-order valence-electron chi connectivity index (χ1n) is 10.1. The average Bonchev–Trinajstić information content (AvgIpc) is 3.12. The summed E-state index contributed by atoms with van der Waals surface area (Å²) in [5.41, 5.74) is 4.27. The standard InChI is InChI=1S/C23H23ClN4O2/c1-3-30-22(29)17-8-10-27(11-9-17)23-26-20-12-15(2)19(24)13-21(20)28(23)18-6-4-16(14-25)5-7-18/h4-7,12-13,17H,3,8-11H2,1-2H3. The smallest absolute Gasteiger partial charge is 0.309 e.